The molecule has 2 atom stereocenters. The Morgan fingerprint density at radius 1 is 1.47 bits per heavy atom. The first kappa shape index (κ1) is 13.5. The smallest absolute Gasteiger partial charge is 0.305 e. The second-order valence-corrected chi connectivity index (χ2v) is 4.34. The number of esters is 1. The van der Waals surface area contributed by atoms with Crippen LogP contribution in [-0.2, 0) is 25.5 Å². The van der Waals surface area contributed by atoms with Gasteiger partial charge in [0.2, 0.25) is 6.29 Å². The Kier molecular flexibility index (Phi) is 4.52. The molecule has 5 nitrogen and oxygen atoms in total. The summed E-state index contributed by atoms with van der Waals surface area (Å²) in [7, 11) is 0. The van der Waals surface area contributed by atoms with Gasteiger partial charge in [-0.1, -0.05) is 0 Å². The summed E-state index contributed by atoms with van der Waals surface area (Å²) in [6.07, 6.45) is 5.26. The van der Waals surface area contributed by atoms with E-state index in [9.17, 15) is 9.59 Å². The normalized spacial score (nSPS) is 22.5. The van der Waals surface area contributed by atoms with E-state index in [4.69, 9.17) is 13.9 Å². The van der Waals surface area contributed by atoms with Crippen LogP contribution >= 0.6 is 0 Å². The summed E-state index contributed by atoms with van der Waals surface area (Å²) in [4.78, 5) is 22.5. The van der Waals surface area contributed by atoms with Gasteiger partial charge in [0.1, 0.15) is 11.9 Å². The summed E-state index contributed by atoms with van der Waals surface area (Å²) in [5.41, 5.74) is 0. The highest BCUT2D eigenvalue weighted by molar-refractivity contribution is 5.94. The lowest BCUT2D eigenvalue weighted by molar-refractivity contribution is -0.180. The van der Waals surface area contributed by atoms with E-state index in [2.05, 4.69) is 0 Å². The highest BCUT2D eigenvalue weighted by Crippen LogP contribution is 2.17. The van der Waals surface area contributed by atoms with E-state index in [1.807, 2.05) is 12.1 Å². The van der Waals surface area contributed by atoms with Gasteiger partial charge in [0.25, 0.3) is 0 Å². The first-order chi connectivity index (χ1) is 9.15. The number of aryl methyl sites for hydroxylation is 1. The maximum atomic E-state index is 11.6. The summed E-state index contributed by atoms with van der Waals surface area (Å²) < 4.78 is 15.5. The zero-order chi connectivity index (χ0) is 13.7. The van der Waals surface area contributed by atoms with Crippen molar-refractivity contribution in [1.29, 1.82) is 0 Å². The quantitative estimate of drug-likeness (QED) is 0.761. The van der Waals surface area contributed by atoms with Crippen molar-refractivity contribution < 1.29 is 23.5 Å². The summed E-state index contributed by atoms with van der Waals surface area (Å²) in [5, 5.41) is 0. The minimum Gasteiger partial charge on any atom is -0.469 e. The highest BCUT2D eigenvalue weighted by atomic mass is 16.7. The molecule has 0 saturated heterocycles. The predicted octanol–water partition coefficient (Wildman–Crippen LogP) is 2.02. The van der Waals surface area contributed by atoms with Crippen LogP contribution in [-0.4, -0.2) is 24.1 Å². The first-order valence-corrected chi connectivity index (χ1v) is 6.22. The van der Waals surface area contributed by atoms with Crippen LogP contribution in [0.25, 0.3) is 0 Å². The fourth-order valence-electron chi connectivity index (χ4n) is 1.91. The third kappa shape index (κ3) is 4.06. The number of hydrogen-bond acceptors (Lipinski definition) is 5. The molecule has 1 aliphatic rings. The lowest BCUT2D eigenvalue weighted by Crippen LogP contribution is -2.34. The Balaban J connectivity index is 1.80. The van der Waals surface area contributed by atoms with E-state index in [1.54, 1.807) is 6.26 Å². The van der Waals surface area contributed by atoms with Crippen molar-refractivity contribution in [1.82, 2.24) is 0 Å². The Labute approximate surface area is 111 Å². The monoisotopic (exact) mass is 264 g/mol. The van der Waals surface area contributed by atoms with Crippen molar-refractivity contribution in [3.8, 4) is 0 Å². The first-order valence-electron chi connectivity index (χ1n) is 6.22. The molecule has 0 radical (unpaired) electrons. The number of carbonyl (C=O) groups is 2. The molecule has 1 aliphatic heterocycles. The Hall–Kier alpha value is -1.88. The van der Waals surface area contributed by atoms with Crippen LogP contribution in [0, 0.1) is 0 Å². The topological polar surface area (TPSA) is 65.7 Å². The zero-order valence-corrected chi connectivity index (χ0v) is 10.7. The van der Waals surface area contributed by atoms with Crippen LogP contribution in [0.3, 0.4) is 0 Å². The molecule has 0 amide bonds. The average Bonchev–Trinajstić information content (AvgIpc) is 2.85. The fraction of sp³-hybridized carbons (Fsp3) is 0.429. The largest absolute Gasteiger partial charge is 0.469 e. The van der Waals surface area contributed by atoms with Crippen LogP contribution in [0.5, 0.6) is 0 Å². The summed E-state index contributed by atoms with van der Waals surface area (Å²) >= 11 is 0. The molecule has 2 heterocycles. The Bertz CT molecular complexity index is 460. The van der Waals surface area contributed by atoms with Gasteiger partial charge in [-0.3, -0.25) is 9.59 Å². The summed E-state index contributed by atoms with van der Waals surface area (Å²) in [6.45, 7) is 1.31. The molecule has 19 heavy (non-hydrogen) atoms. The molecule has 5 heteroatoms. The molecule has 0 N–H and O–H groups in total. The van der Waals surface area contributed by atoms with Crippen LogP contribution in [0.4, 0.5) is 0 Å². The van der Waals surface area contributed by atoms with E-state index < -0.39 is 18.4 Å². The predicted molar refractivity (Wildman–Crippen MR) is 66.2 cm³/mol. The van der Waals surface area contributed by atoms with Crippen LogP contribution in [0.2, 0.25) is 0 Å². The van der Waals surface area contributed by atoms with E-state index in [1.165, 1.54) is 19.1 Å². The second kappa shape index (κ2) is 6.33. The third-order valence-corrected chi connectivity index (χ3v) is 2.79. The van der Waals surface area contributed by atoms with Gasteiger partial charge in [-0.05, 0) is 37.1 Å². The van der Waals surface area contributed by atoms with E-state index in [-0.39, 0.29) is 5.78 Å². The summed E-state index contributed by atoms with van der Waals surface area (Å²) in [5.74, 6) is 0.358. The van der Waals surface area contributed by atoms with E-state index >= 15 is 0 Å². The van der Waals surface area contributed by atoms with E-state index in [0.29, 0.717) is 6.42 Å². The Morgan fingerprint density at radius 2 is 2.32 bits per heavy atom. The second-order valence-electron chi connectivity index (χ2n) is 4.34. The molecule has 2 unspecified atom stereocenters. The van der Waals surface area contributed by atoms with Crippen LogP contribution in [0.15, 0.2) is 35.0 Å². The van der Waals surface area contributed by atoms with Crippen molar-refractivity contribution in [2.24, 2.45) is 0 Å². The molecule has 2 rings (SSSR count). The maximum Gasteiger partial charge on any atom is 0.305 e. The number of ketones is 1. The molecule has 0 bridgehead atoms. The minimum atomic E-state index is -0.760. The molecule has 1 aromatic heterocycles. The van der Waals surface area contributed by atoms with Gasteiger partial charge >= 0.3 is 5.97 Å². The molecule has 1 aromatic rings. The van der Waals surface area contributed by atoms with Gasteiger partial charge in [0.05, 0.1) is 6.26 Å². The van der Waals surface area contributed by atoms with Gasteiger partial charge in [-0.2, -0.15) is 0 Å². The number of hydrogen-bond donors (Lipinski definition) is 0. The van der Waals surface area contributed by atoms with Gasteiger partial charge in [-0.25, -0.2) is 0 Å². The van der Waals surface area contributed by atoms with Crippen molar-refractivity contribution in [2.75, 3.05) is 0 Å². The standard InChI is InChI=1S/C14H16O5/c1-10(15)18-14-8-7-12(16)13(19-14)6-2-4-11-5-3-9-17-11/h3,5,7-9,13-14H,2,4,6H2,1H3. The van der Waals surface area contributed by atoms with Gasteiger partial charge in [0, 0.05) is 13.3 Å². The highest BCUT2D eigenvalue weighted by Gasteiger charge is 2.26. The number of furan rings is 1. The number of ether oxygens (including phenoxy) is 2. The molecular formula is C14H16O5. The maximum absolute atomic E-state index is 11.6. The van der Waals surface area contributed by atoms with Crippen molar-refractivity contribution in [2.45, 2.75) is 38.6 Å². The lowest BCUT2D eigenvalue weighted by atomic mass is 10.1. The molecular weight excluding hydrogens is 248 g/mol. The molecule has 0 aliphatic carbocycles. The van der Waals surface area contributed by atoms with Crippen molar-refractivity contribution >= 4 is 11.8 Å². The molecule has 0 fully saturated rings. The minimum absolute atomic E-state index is 0.0946. The SMILES string of the molecule is CC(=O)OC1C=CC(=O)C(CCCc2ccco2)O1. The average molecular weight is 264 g/mol. The van der Waals surface area contributed by atoms with Crippen LogP contribution in [0.1, 0.15) is 25.5 Å². The third-order valence-electron chi connectivity index (χ3n) is 2.79. The molecule has 0 aromatic carbocycles. The molecule has 0 spiro atoms. The fourth-order valence-corrected chi connectivity index (χ4v) is 1.91. The van der Waals surface area contributed by atoms with Gasteiger partial charge < -0.3 is 13.9 Å². The number of rotatable bonds is 5. The Morgan fingerprint density at radius 3 is 3.00 bits per heavy atom. The van der Waals surface area contributed by atoms with Crippen molar-refractivity contribution in [3.05, 3.63) is 36.3 Å². The summed E-state index contributed by atoms with van der Waals surface area (Å²) in [6, 6.07) is 3.72. The lowest BCUT2D eigenvalue weighted by Gasteiger charge is -2.24. The number of carbonyl (C=O) groups excluding carboxylic acids is 2. The molecule has 102 valence electrons. The zero-order valence-electron chi connectivity index (χ0n) is 10.7. The van der Waals surface area contributed by atoms with Crippen molar-refractivity contribution in [3.63, 3.8) is 0 Å². The van der Waals surface area contributed by atoms with Crippen LogP contribution < -0.4 is 0 Å². The molecule has 0 saturated carbocycles. The van der Waals surface area contributed by atoms with E-state index in [0.717, 1.165) is 18.6 Å². The van der Waals surface area contributed by atoms with Gasteiger partial charge in [0.15, 0.2) is 5.78 Å². The van der Waals surface area contributed by atoms with Gasteiger partial charge in [-0.15, -0.1) is 0 Å².